The summed E-state index contributed by atoms with van der Waals surface area (Å²) in [6, 6.07) is 31.5. The molecule has 0 fully saturated rings. The van der Waals surface area contributed by atoms with Gasteiger partial charge in [0.05, 0.1) is 7.11 Å². The minimum Gasteiger partial charge on any atom is -0.496 e. The van der Waals surface area contributed by atoms with Gasteiger partial charge in [0.15, 0.2) is 0 Å². The second-order valence-electron chi connectivity index (χ2n) is 8.44. The smallest absolute Gasteiger partial charge is 0.255 e. The first-order chi connectivity index (χ1) is 16.5. The van der Waals surface area contributed by atoms with Gasteiger partial charge < -0.3 is 14.8 Å². The van der Waals surface area contributed by atoms with Crippen LogP contribution in [0.25, 0.3) is 11.1 Å². The van der Waals surface area contributed by atoms with Gasteiger partial charge in [-0.05, 0) is 65.1 Å². The predicted octanol–water partition coefficient (Wildman–Crippen LogP) is 7.32. The fraction of sp³-hybridized carbons (Fsp3) is 0.167. The molecule has 4 aromatic rings. The summed E-state index contributed by atoms with van der Waals surface area (Å²) in [6.45, 7) is 4.58. The number of methoxy groups -OCH3 is 1. The molecule has 4 aromatic carbocycles. The molecule has 0 aromatic heterocycles. The van der Waals surface area contributed by atoms with E-state index in [0.717, 1.165) is 28.1 Å². The molecule has 0 spiro atoms. The van der Waals surface area contributed by atoms with Gasteiger partial charge in [-0.1, -0.05) is 68.4 Å². The van der Waals surface area contributed by atoms with Gasteiger partial charge in [-0.25, -0.2) is 0 Å². The van der Waals surface area contributed by atoms with E-state index in [9.17, 15) is 4.79 Å². The van der Waals surface area contributed by atoms with Crippen molar-refractivity contribution in [3.05, 3.63) is 114 Å². The van der Waals surface area contributed by atoms with Crippen molar-refractivity contribution in [1.82, 2.24) is 0 Å². The fourth-order valence-electron chi connectivity index (χ4n) is 3.72. The zero-order chi connectivity index (χ0) is 23.9. The van der Waals surface area contributed by atoms with Crippen molar-refractivity contribution in [3.8, 4) is 22.6 Å². The normalized spacial score (nSPS) is 10.7. The van der Waals surface area contributed by atoms with Crippen LogP contribution in [0, 0.1) is 0 Å². The summed E-state index contributed by atoms with van der Waals surface area (Å²) in [4.78, 5) is 12.8. The molecule has 0 unspecified atom stereocenters. The molecule has 34 heavy (non-hydrogen) atoms. The molecule has 0 saturated carbocycles. The van der Waals surface area contributed by atoms with Crippen molar-refractivity contribution in [2.24, 2.45) is 0 Å². The molecule has 172 valence electrons. The van der Waals surface area contributed by atoms with E-state index in [1.165, 1.54) is 5.56 Å². The number of amides is 1. The zero-order valence-corrected chi connectivity index (χ0v) is 19.7. The Morgan fingerprint density at radius 1 is 0.824 bits per heavy atom. The first-order valence-corrected chi connectivity index (χ1v) is 11.4. The highest BCUT2D eigenvalue weighted by atomic mass is 16.5. The Balaban J connectivity index is 1.44. The van der Waals surface area contributed by atoms with Gasteiger partial charge in [-0.15, -0.1) is 0 Å². The third-order valence-electron chi connectivity index (χ3n) is 5.73. The third-order valence-corrected chi connectivity index (χ3v) is 5.73. The van der Waals surface area contributed by atoms with Crippen LogP contribution in [0.5, 0.6) is 11.5 Å². The molecule has 0 radical (unpaired) electrons. The minimum atomic E-state index is -0.173. The molecule has 0 saturated heterocycles. The van der Waals surface area contributed by atoms with Crippen LogP contribution < -0.4 is 14.8 Å². The summed E-state index contributed by atoms with van der Waals surface area (Å²) in [5.74, 6) is 1.71. The number of anilines is 1. The maximum Gasteiger partial charge on any atom is 0.255 e. The summed E-state index contributed by atoms with van der Waals surface area (Å²) < 4.78 is 11.5. The molecule has 0 aliphatic rings. The van der Waals surface area contributed by atoms with E-state index in [-0.39, 0.29) is 12.5 Å². The van der Waals surface area contributed by atoms with E-state index in [4.69, 9.17) is 9.47 Å². The van der Waals surface area contributed by atoms with Crippen molar-refractivity contribution in [3.63, 3.8) is 0 Å². The molecule has 0 bridgehead atoms. The van der Waals surface area contributed by atoms with Gasteiger partial charge in [0.1, 0.15) is 18.1 Å². The van der Waals surface area contributed by atoms with Crippen LogP contribution in [0.3, 0.4) is 0 Å². The molecule has 4 rings (SSSR count). The number of hydrogen-bond donors (Lipinski definition) is 1. The van der Waals surface area contributed by atoms with Gasteiger partial charge >= 0.3 is 0 Å². The molecule has 4 nitrogen and oxygen atoms in total. The summed E-state index contributed by atoms with van der Waals surface area (Å²) in [6.07, 6.45) is 0. The standard InChI is InChI=1S/C30H29NO3/c1-21(2)22-9-14-27(15-10-22)31-30(32)25-13-18-29(33-3)26(19-25)20-34-28-16-11-24(12-17-28)23-7-5-4-6-8-23/h4-19,21H,20H2,1-3H3,(H,31,32). The molecule has 1 N–H and O–H groups in total. The Morgan fingerprint density at radius 3 is 2.15 bits per heavy atom. The molecule has 0 atom stereocenters. The molecule has 0 aliphatic carbocycles. The van der Waals surface area contributed by atoms with Crippen molar-refractivity contribution < 1.29 is 14.3 Å². The van der Waals surface area contributed by atoms with Gasteiger partial charge in [-0.2, -0.15) is 0 Å². The van der Waals surface area contributed by atoms with Crippen molar-refractivity contribution >= 4 is 11.6 Å². The lowest BCUT2D eigenvalue weighted by atomic mass is 10.0. The number of rotatable bonds is 8. The van der Waals surface area contributed by atoms with E-state index in [2.05, 4.69) is 31.3 Å². The average Bonchev–Trinajstić information content (AvgIpc) is 2.88. The summed E-state index contributed by atoms with van der Waals surface area (Å²) in [5, 5.41) is 2.96. The Hall–Kier alpha value is -4.05. The highest BCUT2D eigenvalue weighted by Crippen LogP contribution is 2.26. The molecule has 4 heteroatoms. The number of ether oxygens (including phenoxy) is 2. The Morgan fingerprint density at radius 2 is 1.50 bits per heavy atom. The Labute approximate surface area is 201 Å². The second kappa shape index (κ2) is 10.7. The maximum absolute atomic E-state index is 12.8. The minimum absolute atomic E-state index is 0.173. The van der Waals surface area contributed by atoms with Gasteiger partial charge in [-0.3, -0.25) is 4.79 Å². The van der Waals surface area contributed by atoms with Crippen molar-refractivity contribution in [2.75, 3.05) is 12.4 Å². The summed E-state index contributed by atoms with van der Waals surface area (Å²) in [5.41, 5.74) is 5.64. The van der Waals surface area contributed by atoms with Gasteiger partial charge in [0.25, 0.3) is 5.91 Å². The molecule has 0 aliphatic heterocycles. The van der Waals surface area contributed by atoms with Crippen molar-refractivity contribution in [2.45, 2.75) is 26.4 Å². The summed E-state index contributed by atoms with van der Waals surface area (Å²) >= 11 is 0. The monoisotopic (exact) mass is 451 g/mol. The van der Waals surface area contributed by atoms with Crippen LogP contribution in [0.1, 0.15) is 41.3 Å². The lowest BCUT2D eigenvalue weighted by Crippen LogP contribution is -2.13. The number of hydrogen-bond acceptors (Lipinski definition) is 3. The van der Waals surface area contributed by atoms with Crippen LogP contribution >= 0.6 is 0 Å². The maximum atomic E-state index is 12.8. The van der Waals surface area contributed by atoms with Crippen molar-refractivity contribution in [1.29, 1.82) is 0 Å². The molecular formula is C30H29NO3. The number of carbonyl (C=O) groups excluding carboxylic acids is 1. The lowest BCUT2D eigenvalue weighted by molar-refractivity contribution is 0.102. The number of benzene rings is 4. The highest BCUT2D eigenvalue weighted by molar-refractivity contribution is 6.04. The predicted molar refractivity (Wildman–Crippen MR) is 138 cm³/mol. The van der Waals surface area contributed by atoms with Crippen LogP contribution in [0.4, 0.5) is 5.69 Å². The average molecular weight is 452 g/mol. The molecular weight excluding hydrogens is 422 g/mol. The second-order valence-corrected chi connectivity index (χ2v) is 8.44. The van der Waals surface area contributed by atoms with E-state index in [1.807, 2.05) is 72.8 Å². The third kappa shape index (κ3) is 5.65. The molecule has 0 heterocycles. The zero-order valence-electron chi connectivity index (χ0n) is 19.7. The first kappa shape index (κ1) is 23.1. The number of nitrogens with one attached hydrogen (secondary N) is 1. The van der Waals surface area contributed by atoms with Crippen LogP contribution in [0.2, 0.25) is 0 Å². The summed E-state index contributed by atoms with van der Waals surface area (Å²) in [7, 11) is 1.61. The van der Waals surface area contributed by atoms with Crippen LogP contribution in [-0.4, -0.2) is 13.0 Å². The molecule has 1 amide bonds. The van der Waals surface area contributed by atoms with Crippen LogP contribution in [0.15, 0.2) is 97.1 Å². The van der Waals surface area contributed by atoms with E-state index in [1.54, 1.807) is 19.2 Å². The van der Waals surface area contributed by atoms with Gasteiger partial charge in [0, 0.05) is 16.8 Å². The Kier molecular flexibility index (Phi) is 7.28. The SMILES string of the molecule is COc1ccc(C(=O)Nc2ccc(C(C)C)cc2)cc1COc1ccc(-c2ccccc2)cc1. The van der Waals surface area contributed by atoms with E-state index >= 15 is 0 Å². The highest BCUT2D eigenvalue weighted by Gasteiger charge is 2.12. The largest absolute Gasteiger partial charge is 0.496 e. The van der Waals surface area contributed by atoms with E-state index < -0.39 is 0 Å². The first-order valence-electron chi connectivity index (χ1n) is 11.4. The number of carbonyl (C=O) groups is 1. The van der Waals surface area contributed by atoms with Crippen LogP contribution in [-0.2, 0) is 6.61 Å². The van der Waals surface area contributed by atoms with E-state index in [0.29, 0.717) is 17.2 Å². The van der Waals surface area contributed by atoms with Gasteiger partial charge in [0.2, 0.25) is 0 Å². The Bertz CT molecular complexity index is 1230. The lowest BCUT2D eigenvalue weighted by Gasteiger charge is -2.13. The fourth-order valence-corrected chi connectivity index (χ4v) is 3.72. The quantitative estimate of drug-likeness (QED) is 0.305. The topological polar surface area (TPSA) is 47.6 Å².